The minimum absolute atomic E-state index is 0.295. The summed E-state index contributed by atoms with van der Waals surface area (Å²) in [7, 11) is 0. The largest absolute Gasteiger partial charge is 0.249 e. The molecule has 0 aliphatic carbocycles. The Labute approximate surface area is 89.3 Å². The van der Waals surface area contributed by atoms with E-state index in [1.807, 2.05) is 6.92 Å². The van der Waals surface area contributed by atoms with Gasteiger partial charge in [-0.05, 0) is 19.8 Å². The normalized spacial score (nSPS) is 10.6. The quantitative estimate of drug-likeness (QED) is 0.771. The van der Waals surface area contributed by atoms with Crippen molar-refractivity contribution in [3.8, 4) is 6.07 Å². The SMILES string of the molecule is CCC(CC)n1nc(C)c(C#N)c1Cl. The van der Waals surface area contributed by atoms with E-state index in [2.05, 4.69) is 25.0 Å². The summed E-state index contributed by atoms with van der Waals surface area (Å²) < 4.78 is 1.76. The Morgan fingerprint density at radius 3 is 2.43 bits per heavy atom. The van der Waals surface area contributed by atoms with Crippen LogP contribution in [0.1, 0.15) is 44.0 Å². The number of hydrogen-bond donors (Lipinski definition) is 0. The predicted octanol–water partition coefficient (Wildman–Crippen LogP) is 3.08. The monoisotopic (exact) mass is 211 g/mol. The van der Waals surface area contributed by atoms with Gasteiger partial charge in [0.1, 0.15) is 16.8 Å². The molecule has 0 N–H and O–H groups in total. The van der Waals surface area contributed by atoms with Crippen LogP contribution in [0.25, 0.3) is 0 Å². The molecule has 3 nitrogen and oxygen atoms in total. The molecule has 0 amide bonds. The van der Waals surface area contributed by atoms with Crippen molar-refractivity contribution in [1.29, 1.82) is 5.26 Å². The van der Waals surface area contributed by atoms with Gasteiger partial charge in [0.2, 0.25) is 0 Å². The molecule has 0 spiro atoms. The molecule has 0 radical (unpaired) electrons. The van der Waals surface area contributed by atoms with E-state index in [1.54, 1.807) is 4.68 Å². The topological polar surface area (TPSA) is 41.6 Å². The van der Waals surface area contributed by atoms with E-state index >= 15 is 0 Å². The highest BCUT2D eigenvalue weighted by atomic mass is 35.5. The van der Waals surface area contributed by atoms with E-state index in [4.69, 9.17) is 16.9 Å². The molecule has 0 atom stereocenters. The molecule has 0 unspecified atom stereocenters. The van der Waals surface area contributed by atoms with Crippen molar-refractivity contribution in [1.82, 2.24) is 9.78 Å². The summed E-state index contributed by atoms with van der Waals surface area (Å²) in [6.45, 7) is 5.99. The maximum atomic E-state index is 8.85. The first-order valence-corrected chi connectivity index (χ1v) is 5.18. The third kappa shape index (κ3) is 1.76. The molecule has 1 aromatic heterocycles. The second-order valence-corrected chi connectivity index (χ2v) is 3.64. The van der Waals surface area contributed by atoms with Gasteiger partial charge in [0.15, 0.2) is 0 Å². The van der Waals surface area contributed by atoms with Gasteiger partial charge in [0.05, 0.1) is 11.7 Å². The first-order chi connectivity index (χ1) is 6.65. The molecular formula is C10H14ClN3. The molecule has 0 aliphatic rings. The van der Waals surface area contributed by atoms with Gasteiger partial charge < -0.3 is 0 Å². The summed E-state index contributed by atoms with van der Waals surface area (Å²) in [5, 5.41) is 13.6. The van der Waals surface area contributed by atoms with Gasteiger partial charge >= 0.3 is 0 Å². The van der Waals surface area contributed by atoms with Gasteiger partial charge in [-0.3, -0.25) is 0 Å². The number of rotatable bonds is 3. The van der Waals surface area contributed by atoms with Gasteiger partial charge in [0.25, 0.3) is 0 Å². The first kappa shape index (κ1) is 11.1. The molecule has 0 aliphatic heterocycles. The fourth-order valence-corrected chi connectivity index (χ4v) is 1.88. The van der Waals surface area contributed by atoms with Crippen LogP contribution in [-0.4, -0.2) is 9.78 Å². The Hall–Kier alpha value is -1.01. The molecule has 0 bridgehead atoms. The summed E-state index contributed by atoms with van der Waals surface area (Å²) in [6.07, 6.45) is 1.95. The predicted molar refractivity (Wildman–Crippen MR) is 56.3 cm³/mol. The summed E-state index contributed by atoms with van der Waals surface area (Å²) in [6, 6.07) is 2.37. The molecule has 1 heterocycles. The van der Waals surface area contributed by atoms with E-state index in [1.165, 1.54) is 0 Å². The number of aromatic nitrogens is 2. The molecule has 76 valence electrons. The zero-order valence-corrected chi connectivity index (χ0v) is 9.47. The van der Waals surface area contributed by atoms with Crippen LogP contribution >= 0.6 is 11.6 Å². The second-order valence-electron chi connectivity index (χ2n) is 3.28. The van der Waals surface area contributed by atoms with Gasteiger partial charge in [-0.25, -0.2) is 4.68 Å². The molecule has 0 saturated carbocycles. The van der Waals surface area contributed by atoms with Crippen molar-refractivity contribution >= 4 is 11.6 Å². The van der Waals surface area contributed by atoms with Gasteiger partial charge in [-0.2, -0.15) is 10.4 Å². The number of hydrogen-bond acceptors (Lipinski definition) is 2. The smallest absolute Gasteiger partial charge is 0.145 e. The van der Waals surface area contributed by atoms with Crippen LogP contribution in [-0.2, 0) is 0 Å². The van der Waals surface area contributed by atoms with Crippen LogP contribution in [0.2, 0.25) is 5.15 Å². The summed E-state index contributed by atoms with van der Waals surface area (Å²) in [5.41, 5.74) is 1.21. The Bertz CT molecular complexity index is 358. The number of nitrogens with zero attached hydrogens (tertiary/aromatic N) is 3. The Morgan fingerprint density at radius 2 is 2.07 bits per heavy atom. The van der Waals surface area contributed by atoms with Crippen LogP contribution in [0.5, 0.6) is 0 Å². The highest BCUT2D eigenvalue weighted by Gasteiger charge is 2.17. The van der Waals surface area contributed by atoms with Crippen LogP contribution in [0.3, 0.4) is 0 Å². The van der Waals surface area contributed by atoms with Crippen molar-refractivity contribution in [2.45, 2.75) is 39.7 Å². The summed E-state index contributed by atoms with van der Waals surface area (Å²) in [5.74, 6) is 0. The lowest BCUT2D eigenvalue weighted by atomic mass is 10.2. The number of aryl methyl sites for hydroxylation is 1. The van der Waals surface area contributed by atoms with E-state index in [0.717, 1.165) is 12.8 Å². The third-order valence-corrected chi connectivity index (χ3v) is 2.79. The fraction of sp³-hybridized carbons (Fsp3) is 0.600. The van der Waals surface area contributed by atoms with Crippen molar-refractivity contribution in [2.75, 3.05) is 0 Å². The lowest BCUT2D eigenvalue weighted by Crippen LogP contribution is -2.08. The van der Waals surface area contributed by atoms with E-state index < -0.39 is 0 Å². The van der Waals surface area contributed by atoms with Crippen molar-refractivity contribution in [2.24, 2.45) is 0 Å². The van der Waals surface area contributed by atoms with Crippen LogP contribution < -0.4 is 0 Å². The van der Waals surface area contributed by atoms with E-state index in [-0.39, 0.29) is 0 Å². The first-order valence-electron chi connectivity index (χ1n) is 4.80. The van der Waals surface area contributed by atoms with E-state index in [0.29, 0.717) is 22.5 Å². The van der Waals surface area contributed by atoms with Crippen LogP contribution in [0, 0.1) is 18.3 Å². The Balaban J connectivity index is 3.17. The lowest BCUT2D eigenvalue weighted by Gasteiger charge is -2.13. The molecular weight excluding hydrogens is 198 g/mol. The van der Waals surface area contributed by atoms with Crippen LogP contribution in [0.15, 0.2) is 0 Å². The Morgan fingerprint density at radius 1 is 1.50 bits per heavy atom. The molecule has 4 heteroatoms. The maximum Gasteiger partial charge on any atom is 0.145 e. The number of halogens is 1. The van der Waals surface area contributed by atoms with Crippen molar-refractivity contribution in [3.63, 3.8) is 0 Å². The third-order valence-electron chi connectivity index (χ3n) is 2.43. The number of nitriles is 1. The molecule has 1 rings (SSSR count). The fourth-order valence-electron chi connectivity index (χ4n) is 1.52. The average molecular weight is 212 g/mol. The molecule has 1 aromatic rings. The maximum absolute atomic E-state index is 8.85. The highest BCUT2D eigenvalue weighted by Crippen LogP contribution is 2.25. The van der Waals surface area contributed by atoms with Crippen molar-refractivity contribution in [3.05, 3.63) is 16.4 Å². The van der Waals surface area contributed by atoms with E-state index in [9.17, 15) is 0 Å². The molecule has 14 heavy (non-hydrogen) atoms. The molecule has 0 aromatic carbocycles. The molecule has 0 saturated heterocycles. The standard InChI is InChI=1S/C10H14ClN3/c1-4-8(5-2)14-10(11)9(6-12)7(3)13-14/h8H,4-5H2,1-3H3. The van der Waals surface area contributed by atoms with Gasteiger partial charge in [0, 0.05) is 0 Å². The summed E-state index contributed by atoms with van der Waals surface area (Å²) >= 11 is 6.06. The average Bonchev–Trinajstić information content (AvgIpc) is 2.45. The van der Waals surface area contributed by atoms with Crippen LogP contribution in [0.4, 0.5) is 0 Å². The minimum atomic E-state index is 0.295. The van der Waals surface area contributed by atoms with Gasteiger partial charge in [-0.15, -0.1) is 0 Å². The zero-order chi connectivity index (χ0) is 10.7. The highest BCUT2D eigenvalue weighted by molar-refractivity contribution is 6.30. The summed E-state index contributed by atoms with van der Waals surface area (Å²) in [4.78, 5) is 0. The zero-order valence-electron chi connectivity index (χ0n) is 8.71. The minimum Gasteiger partial charge on any atom is -0.249 e. The second kappa shape index (κ2) is 4.47. The van der Waals surface area contributed by atoms with Crippen molar-refractivity contribution < 1.29 is 0 Å². The lowest BCUT2D eigenvalue weighted by molar-refractivity contribution is 0.427. The molecule has 0 fully saturated rings. The Kier molecular flexibility index (Phi) is 3.54. The van der Waals surface area contributed by atoms with Gasteiger partial charge in [-0.1, -0.05) is 25.4 Å².